The summed E-state index contributed by atoms with van der Waals surface area (Å²) in [4.78, 5) is 26.3. The second-order valence-corrected chi connectivity index (χ2v) is 6.77. The first kappa shape index (κ1) is 16.8. The third-order valence-corrected chi connectivity index (χ3v) is 4.57. The van der Waals surface area contributed by atoms with E-state index in [0.29, 0.717) is 18.7 Å². The largest absolute Gasteiger partial charge is 0.415 e. The van der Waals surface area contributed by atoms with Gasteiger partial charge in [-0.3, -0.25) is 9.69 Å². The minimum Gasteiger partial charge on any atom is -0.410 e. The monoisotopic (exact) mass is 436 g/mol. The van der Waals surface area contributed by atoms with Crippen LogP contribution in [-0.4, -0.2) is 29.5 Å². The van der Waals surface area contributed by atoms with Gasteiger partial charge in [0.25, 0.3) is 0 Å². The molecule has 0 aliphatic carbocycles. The molecule has 6 heteroatoms. The lowest BCUT2D eigenvalue weighted by molar-refractivity contribution is -0.119. The number of anilines is 1. The van der Waals surface area contributed by atoms with Crippen LogP contribution >= 0.6 is 22.6 Å². The predicted octanol–water partition coefficient (Wildman–Crippen LogP) is 3.89. The number of nitrogens with zero attached hydrogens (tertiary/aromatic N) is 1. The Bertz CT molecular complexity index is 719. The Hall–Kier alpha value is -2.09. The number of carbonyl (C=O) groups is 2. The molecule has 2 aromatic carbocycles. The van der Waals surface area contributed by atoms with Gasteiger partial charge in [0.15, 0.2) is 0 Å². The van der Waals surface area contributed by atoms with Crippen molar-refractivity contribution in [2.24, 2.45) is 0 Å². The lowest BCUT2D eigenvalue weighted by Crippen LogP contribution is -2.44. The van der Waals surface area contributed by atoms with Gasteiger partial charge in [-0.2, -0.15) is 0 Å². The third kappa shape index (κ3) is 4.05. The van der Waals surface area contributed by atoms with Crippen LogP contribution in [0.15, 0.2) is 54.6 Å². The van der Waals surface area contributed by atoms with Crippen LogP contribution in [0.1, 0.15) is 12.8 Å². The summed E-state index contributed by atoms with van der Waals surface area (Å²) in [7, 11) is 0. The fourth-order valence-corrected chi connectivity index (χ4v) is 3.02. The molecule has 0 spiro atoms. The molecule has 1 fully saturated rings. The van der Waals surface area contributed by atoms with Gasteiger partial charge >= 0.3 is 6.09 Å². The molecule has 1 aliphatic rings. The number of hydrogen-bond acceptors (Lipinski definition) is 3. The molecule has 2 aromatic rings. The molecule has 1 atom stereocenters. The second-order valence-electron chi connectivity index (χ2n) is 5.53. The highest BCUT2D eigenvalue weighted by molar-refractivity contribution is 14.1. The van der Waals surface area contributed by atoms with Crippen LogP contribution in [0.2, 0.25) is 0 Å². The van der Waals surface area contributed by atoms with Crippen molar-refractivity contribution >= 4 is 40.3 Å². The first-order chi connectivity index (χ1) is 11.6. The van der Waals surface area contributed by atoms with Crippen molar-refractivity contribution in [3.8, 4) is 5.75 Å². The number of benzene rings is 2. The number of ether oxygens (including phenoxy) is 1. The van der Waals surface area contributed by atoms with Crippen LogP contribution < -0.4 is 10.1 Å². The molecule has 124 valence electrons. The Morgan fingerprint density at radius 3 is 2.50 bits per heavy atom. The van der Waals surface area contributed by atoms with Crippen LogP contribution in [-0.2, 0) is 4.79 Å². The lowest BCUT2D eigenvalue weighted by Gasteiger charge is -2.23. The summed E-state index contributed by atoms with van der Waals surface area (Å²) in [6.07, 6.45) is 0.941. The van der Waals surface area contributed by atoms with Crippen LogP contribution in [0.5, 0.6) is 5.75 Å². The van der Waals surface area contributed by atoms with Gasteiger partial charge in [0.05, 0.1) is 0 Å². The summed E-state index contributed by atoms with van der Waals surface area (Å²) in [6, 6.07) is 15.9. The maximum atomic E-state index is 12.5. The van der Waals surface area contributed by atoms with Crippen LogP contribution in [0, 0.1) is 3.57 Å². The van der Waals surface area contributed by atoms with E-state index in [1.54, 1.807) is 24.3 Å². The highest BCUT2D eigenvalue weighted by atomic mass is 127. The predicted molar refractivity (Wildman–Crippen MR) is 100.0 cm³/mol. The summed E-state index contributed by atoms with van der Waals surface area (Å²) in [5.74, 6) is 0.296. The van der Waals surface area contributed by atoms with Crippen LogP contribution in [0.3, 0.4) is 0 Å². The van der Waals surface area contributed by atoms with Gasteiger partial charge in [-0.25, -0.2) is 4.79 Å². The topological polar surface area (TPSA) is 58.6 Å². The van der Waals surface area contributed by atoms with Crippen molar-refractivity contribution in [1.29, 1.82) is 0 Å². The number of rotatable bonds is 3. The van der Waals surface area contributed by atoms with E-state index in [9.17, 15) is 9.59 Å². The molecule has 0 saturated carbocycles. The van der Waals surface area contributed by atoms with Gasteiger partial charge < -0.3 is 10.1 Å². The molecule has 1 heterocycles. The SMILES string of the molecule is O=C(Nc1ccc(I)cc1)C1CCCN1C(=O)Oc1ccccc1. The molecule has 0 aromatic heterocycles. The molecule has 2 amide bonds. The van der Waals surface area contributed by atoms with Crippen molar-refractivity contribution < 1.29 is 14.3 Å². The highest BCUT2D eigenvalue weighted by Gasteiger charge is 2.35. The zero-order chi connectivity index (χ0) is 16.9. The number of hydrogen-bond donors (Lipinski definition) is 1. The number of amides is 2. The molecule has 5 nitrogen and oxygen atoms in total. The molecule has 0 radical (unpaired) electrons. The Morgan fingerprint density at radius 2 is 1.79 bits per heavy atom. The molecule has 1 unspecified atom stereocenters. The fourth-order valence-electron chi connectivity index (χ4n) is 2.66. The summed E-state index contributed by atoms with van der Waals surface area (Å²) < 4.78 is 6.45. The molecule has 1 saturated heterocycles. The summed E-state index contributed by atoms with van der Waals surface area (Å²) >= 11 is 2.21. The normalized spacial score (nSPS) is 16.7. The number of halogens is 1. The van der Waals surface area contributed by atoms with Crippen molar-refractivity contribution in [1.82, 2.24) is 4.90 Å². The zero-order valence-electron chi connectivity index (χ0n) is 12.9. The number of para-hydroxylation sites is 1. The van der Waals surface area contributed by atoms with Crippen molar-refractivity contribution in [3.05, 3.63) is 58.2 Å². The Labute approximate surface area is 154 Å². The molecular weight excluding hydrogens is 419 g/mol. The third-order valence-electron chi connectivity index (χ3n) is 3.85. The standard InChI is InChI=1S/C18H17IN2O3/c19-13-8-10-14(11-9-13)20-17(22)16-7-4-12-21(16)18(23)24-15-5-2-1-3-6-15/h1-3,5-6,8-11,16H,4,7,12H2,(H,20,22). The first-order valence-electron chi connectivity index (χ1n) is 7.73. The van der Waals surface area contributed by atoms with E-state index >= 15 is 0 Å². The van der Waals surface area contributed by atoms with Crippen molar-refractivity contribution in [2.45, 2.75) is 18.9 Å². The van der Waals surface area contributed by atoms with Crippen LogP contribution in [0.4, 0.5) is 10.5 Å². The molecular formula is C18H17IN2O3. The maximum Gasteiger partial charge on any atom is 0.415 e. The Morgan fingerprint density at radius 1 is 1.08 bits per heavy atom. The van der Waals surface area contributed by atoms with E-state index in [-0.39, 0.29) is 5.91 Å². The number of nitrogens with one attached hydrogen (secondary N) is 1. The molecule has 24 heavy (non-hydrogen) atoms. The van der Waals surface area contributed by atoms with Crippen LogP contribution in [0.25, 0.3) is 0 Å². The number of likely N-dealkylation sites (tertiary alicyclic amines) is 1. The van der Waals surface area contributed by atoms with Gasteiger partial charge in [0, 0.05) is 15.8 Å². The molecule has 1 aliphatic heterocycles. The van der Waals surface area contributed by atoms with Gasteiger partial charge in [0.2, 0.25) is 5.91 Å². The van der Waals surface area contributed by atoms with E-state index in [4.69, 9.17) is 4.74 Å². The van der Waals surface area contributed by atoms with E-state index in [1.807, 2.05) is 30.3 Å². The Balaban J connectivity index is 1.65. The Kier molecular flexibility index (Phi) is 5.34. The van der Waals surface area contributed by atoms with Gasteiger partial charge in [-0.1, -0.05) is 18.2 Å². The maximum absolute atomic E-state index is 12.5. The minimum atomic E-state index is -0.500. The summed E-state index contributed by atoms with van der Waals surface area (Å²) in [5, 5.41) is 2.87. The molecule has 3 rings (SSSR count). The minimum absolute atomic E-state index is 0.182. The van der Waals surface area contributed by atoms with E-state index in [2.05, 4.69) is 27.9 Å². The van der Waals surface area contributed by atoms with Gasteiger partial charge in [0.1, 0.15) is 11.8 Å². The average molecular weight is 436 g/mol. The first-order valence-corrected chi connectivity index (χ1v) is 8.81. The van der Waals surface area contributed by atoms with E-state index in [0.717, 1.165) is 15.7 Å². The van der Waals surface area contributed by atoms with E-state index < -0.39 is 12.1 Å². The van der Waals surface area contributed by atoms with Crippen molar-refractivity contribution in [3.63, 3.8) is 0 Å². The quantitative estimate of drug-likeness (QED) is 0.743. The summed E-state index contributed by atoms with van der Waals surface area (Å²) in [5.41, 5.74) is 0.726. The highest BCUT2D eigenvalue weighted by Crippen LogP contribution is 2.22. The zero-order valence-corrected chi connectivity index (χ0v) is 15.1. The fraction of sp³-hybridized carbons (Fsp3) is 0.222. The lowest BCUT2D eigenvalue weighted by atomic mass is 10.2. The second kappa shape index (κ2) is 7.65. The van der Waals surface area contributed by atoms with Gasteiger partial charge in [-0.05, 0) is 71.8 Å². The van der Waals surface area contributed by atoms with E-state index in [1.165, 1.54) is 4.90 Å². The molecule has 0 bridgehead atoms. The summed E-state index contributed by atoms with van der Waals surface area (Å²) in [6.45, 7) is 0.524. The number of carbonyl (C=O) groups excluding carboxylic acids is 2. The smallest absolute Gasteiger partial charge is 0.410 e. The molecule has 1 N–H and O–H groups in total. The van der Waals surface area contributed by atoms with Crippen molar-refractivity contribution in [2.75, 3.05) is 11.9 Å². The van der Waals surface area contributed by atoms with Gasteiger partial charge in [-0.15, -0.1) is 0 Å². The average Bonchev–Trinajstić information content (AvgIpc) is 3.08.